The summed E-state index contributed by atoms with van der Waals surface area (Å²) in [5.74, 6) is -1.97. The van der Waals surface area contributed by atoms with Crippen molar-refractivity contribution in [3.8, 4) is 0 Å². The average Bonchev–Trinajstić information content (AvgIpc) is 2.47. The van der Waals surface area contributed by atoms with Crippen molar-refractivity contribution < 1.29 is 24.4 Å². The molecule has 0 spiro atoms. The Morgan fingerprint density at radius 3 is 2.69 bits per heavy atom. The van der Waals surface area contributed by atoms with Gasteiger partial charge in [0.05, 0.1) is 6.61 Å². The van der Waals surface area contributed by atoms with Crippen LogP contribution in [-0.2, 0) is 14.2 Å². The molecule has 2 fully saturated rings. The molecule has 0 aromatic carbocycles. The zero-order chi connectivity index (χ0) is 9.69. The van der Waals surface area contributed by atoms with Crippen LogP contribution in [-0.4, -0.2) is 47.2 Å². The minimum absolute atomic E-state index is 0.140. The molecule has 13 heavy (non-hydrogen) atoms. The van der Waals surface area contributed by atoms with Gasteiger partial charge in [-0.2, -0.15) is 0 Å². The molecule has 5 nitrogen and oxygen atoms in total. The van der Waals surface area contributed by atoms with Crippen LogP contribution in [0.2, 0.25) is 0 Å². The molecule has 2 heterocycles. The lowest BCUT2D eigenvalue weighted by molar-refractivity contribution is -0.259. The van der Waals surface area contributed by atoms with Crippen LogP contribution in [0.1, 0.15) is 13.8 Å². The highest BCUT2D eigenvalue weighted by atomic mass is 16.9. The average molecular weight is 190 g/mol. The molecule has 0 bridgehead atoms. The third kappa shape index (κ3) is 1.28. The predicted molar refractivity (Wildman–Crippen MR) is 41.8 cm³/mol. The maximum Gasteiger partial charge on any atom is 0.224 e. The number of hydrogen-bond donors (Lipinski definition) is 2. The second kappa shape index (κ2) is 2.65. The Labute approximate surface area is 76.2 Å². The molecule has 0 aliphatic carbocycles. The highest BCUT2D eigenvalue weighted by Gasteiger charge is 2.61. The van der Waals surface area contributed by atoms with E-state index in [0.717, 1.165) is 0 Å². The summed E-state index contributed by atoms with van der Waals surface area (Å²) in [4.78, 5) is 0. The van der Waals surface area contributed by atoms with Crippen LogP contribution >= 0.6 is 0 Å². The zero-order valence-corrected chi connectivity index (χ0v) is 7.69. The molecule has 2 aliphatic heterocycles. The molecule has 3 atom stereocenters. The number of rotatable bonds is 1. The van der Waals surface area contributed by atoms with Crippen molar-refractivity contribution in [2.24, 2.45) is 0 Å². The van der Waals surface area contributed by atoms with Crippen LogP contribution in [0.4, 0.5) is 0 Å². The largest absolute Gasteiger partial charge is 0.391 e. The van der Waals surface area contributed by atoms with Crippen molar-refractivity contribution in [2.45, 2.75) is 37.6 Å². The van der Waals surface area contributed by atoms with Crippen LogP contribution in [0.3, 0.4) is 0 Å². The van der Waals surface area contributed by atoms with Crippen molar-refractivity contribution in [3.05, 3.63) is 0 Å². The van der Waals surface area contributed by atoms with Gasteiger partial charge in [0.1, 0.15) is 18.8 Å². The van der Waals surface area contributed by atoms with Gasteiger partial charge in [0.25, 0.3) is 0 Å². The molecule has 0 saturated carbocycles. The summed E-state index contributed by atoms with van der Waals surface area (Å²) in [6.07, 6.45) is -1.32. The third-order valence-corrected chi connectivity index (χ3v) is 2.33. The van der Waals surface area contributed by atoms with E-state index in [9.17, 15) is 5.11 Å². The van der Waals surface area contributed by atoms with E-state index in [1.807, 2.05) is 0 Å². The first-order valence-electron chi connectivity index (χ1n) is 4.30. The van der Waals surface area contributed by atoms with Gasteiger partial charge in [-0.25, -0.2) is 0 Å². The molecule has 0 aromatic heterocycles. The number of ether oxygens (including phenoxy) is 3. The molecule has 0 aromatic rings. The normalized spacial score (nSPS) is 48.0. The summed E-state index contributed by atoms with van der Waals surface area (Å²) in [6, 6.07) is 0. The van der Waals surface area contributed by atoms with E-state index in [-0.39, 0.29) is 13.2 Å². The van der Waals surface area contributed by atoms with Gasteiger partial charge in [0, 0.05) is 0 Å². The highest BCUT2D eigenvalue weighted by Crippen LogP contribution is 2.42. The predicted octanol–water partition coefficient (Wildman–Crippen LogP) is -0.782. The van der Waals surface area contributed by atoms with E-state index < -0.39 is 23.8 Å². The standard InChI is InChI=1S/C8H14O5/c1-7(2)12-6-5(10)3-11-8(6,4-9)13-7/h5-6,9-10H,3-4H2,1-2H3/t5-,6+,8+/m1/s1. The first-order chi connectivity index (χ1) is 5.99. The fraction of sp³-hybridized carbons (Fsp3) is 1.00. The second-order valence-corrected chi connectivity index (χ2v) is 3.89. The van der Waals surface area contributed by atoms with Crippen molar-refractivity contribution in [1.29, 1.82) is 0 Å². The fourth-order valence-electron chi connectivity index (χ4n) is 1.86. The molecule has 0 unspecified atom stereocenters. The molecular weight excluding hydrogens is 176 g/mol. The number of aliphatic hydroxyl groups excluding tert-OH is 2. The Bertz CT molecular complexity index is 217. The quantitative estimate of drug-likeness (QED) is 0.567. The van der Waals surface area contributed by atoms with Gasteiger partial charge in [-0.1, -0.05) is 0 Å². The molecule has 2 aliphatic rings. The summed E-state index contributed by atoms with van der Waals surface area (Å²) < 4.78 is 16.1. The maximum absolute atomic E-state index is 9.49. The molecular formula is C8H14O5. The van der Waals surface area contributed by atoms with Crippen LogP contribution in [0.5, 0.6) is 0 Å². The summed E-state index contributed by atoms with van der Waals surface area (Å²) in [6.45, 7) is 3.27. The summed E-state index contributed by atoms with van der Waals surface area (Å²) in [5, 5.41) is 18.6. The Hall–Kier alpha value is -0.200. The summed E-state index contributed by atoms with van der Waals surface area (Å²) in [5.41, 5.74) is 0. The minimum atomic E-state index is -1.16. The zero-order valence-electron chi connectivity index (χ0n) is 7.69. The number of hydrogen-bond acceptors (Lipinski definition) is 5. The smallest absolute Gasteiger partial charge is 0.224 e. The molecule has 76 valence electrons. The first kappa shape index (κ1) is 9.36. The van der Waals surface area contributed by atoms with Gasteiger partial charge >= 0.3 is 0 Å². The van der Waals surface area contributed by atoms with Crippen molar-refractivity contribution in [1.82, 2.24) is 0 Å². The maximum atomic E-state index is 9.49. The van der Waals surface area contributed by atoms with E-state index in [4.69, 9.17) is 19.3 Å². The van der Waals surface area contributed by atoms with Gasteiger partial charge in [-0.15, -0.1) is 0 Å². The first-order valence-corrected chi connectivity index (χ1v) is 4.30. The summed E-state index contributed by atoms with van der Waals surface area (Å²) in [7, 11) is 0. The Morgan fingerprint density at radius 1 is 1.46 bits per heavy atom. The van der Waals surface area contributed by atoms with Crippen LogP contribution < -0.4 is 0 Å². The van der Waals surface area contributed by atoms with E-state index in [2.05, 4.69) is 0 Å². The number of fused-ring (bicyclic) bond motifs is 1. The van der Waals surface area contributed by atoms with Gasteiger partial charge in [-0.3, -0.25) is 0 Å². The van der Waals surface area contributed by atoms with Gasteiger partial charge in [-0.05, 0) is 13.8 Å². The highest BCUT2D eigenvalue weighted by molar-refractivity contribution is 4.97. The van der Waals surface area contributed by atoms with Gasteiger partial charge in [0.15, 0.2) is 5.79 Å². The molecule has 2 N–H and O–H groups in total. The lowest BCUT2D eigenvalue weighted by Crippen LogP contribution is -2.43. The molecule has 0 radical (unpaired) electrons. The fourth-order valence-corrected chi connectivity index (χ4v) is 1.86. The Balaban J connectivity index is 2.24. The van der Waals surface area contributed by atoms with Crippen molar-refractivity contribution in [3.63, 3.8) is 0 Å². The van der Waals surface area contributed by atoms with Crippen LogP contribution in [0.25, 0.3) is 0 Å². The Kier molecular flexibility index (Phi) is 1.91. The van der Waals surface area contributed by atoms with Gasteiger partial charge < -0.3 is 24.4 Å². The lowest BCUT2D eigenvalue weighted by atomic mass is 10.1. The molecule has 2 rings (SSSR count). The SMILES string of the molecule is CC1(C)O[C@H]2[C@H](O)CO[C@@]2(CO)O1. The van der Waals surface area contributed by atoms with Crippen molar-refractivity contribution in [2.75, 3.05) is 13.2 Å². The monoisotopic (exact) mass is 190 g/mol. The third-order valence-electron chi connectivity index (χ3n) is 2.33. The van der Waals surface area contributed by atoms with E-state index >= 15 is 0 Å². The number of aliphatic hydroxyl groups is 2. The molecule has 2 saturated heterocycles. The second-order valence-electron chi connectivity index (χ2n) is 3.89. The Morgan fingerprint density at radius 2 is 2.15 bits per heavy atom. The molecule has 5 heteroatoms. The van der Waals surface area contributed by atoms with Crippen LogP contribution in [0, 0.1) is 0 Å². The van der Waals surface area contributed by atoms with E-state index in [1.54, 1.807) is 13.8 Å². The summed E-state index contributed by atoms with van der Waals surface area (Å²) >= 11 is 0. The van der Waals surface area contributed by atoms with Crippen LogP contribution in [0.15, 0.2) is 0 Å². The minimum Gasteiger partial charge on any atom is -0.391 e. The molecule has 0 amide bonds. The van der Waals surface area contributed by atoms with E-state index in [1.165, 1.54) is 0 Å². The van der Waals surface area contributed by atoms with Crippen molar-refractivity contribution >= 4 is 0 Å². The van der Waals surface area contributed by atoms with Gasteiger partial charge in [0.2, 0.25) is 5.79 Å². The lowest BCUT2D eigenvalue weighted by Gasteiger charge is -2.24. The topological polar surface area (TPSA) is 68.2 Å². The van der Waals surface area contributed by atoms with E-state index in [0.29, 0.717) is 0 Å².